The largest absolute Gasteiger partial charge is 0.384 e. The second-order valence-electron chi connectivity index (χ2n) is 7.92. The van der Waals surface area contributed by atoms with Crippen molar-refractivity contribution in [2.45, 2.75) is 18.2 Å². The zero-order valence-electron chi connectivity index (χ0n) is 17.5. The molecule has 0 atom stereocenters. The Morgan fingerprint density at radius 3 is 2.39 bits per heavy atom. The van der Waals surface area contributed by atoms with Crippen LogP contribution >= 0.6 is 11.6 Å². The fraction of sp³-hybridized carbons (Fsp3) is 0.130. The maximum Gasteiger partial charge on any atom is 0.314 e. The van der Waals surface area contributed by atoms with E-state index in [1.165, 1.54) is 17.7 Å². The lowest BCUT2D eigenvalue weighted by Crippen LogP contribution is -2.29. The van der Waals surface area contributed by atoms with Crippen LogP contribution in [0, 0.1) is 6.92 Å². The van der Waals surface area contributed by atoms with Crippen LogP contribution < -0.4 is 21.2 Å². The Labute approximate surface area is 193 Å². The number of rotatable bonds is 4. The van der Waals surface area contributed by atoms with Gasteiger partial charge in [0, 0.05) is 17.8 Å². The van der Waals surface area contributed by atoms with E-state index in [-0.39, 0.29) is 10.4 Å². The molecule has 0 radical (unpaired) electrons. The SMILES string of the molecule is Cc1cc2[nH]c(=O)c(=O)[nH]c2cc1S(=O)(=O)Nc1ccc(-c2ccc3c(c2)NCC3)c(Cl)c1. The van der Waals surface area contributed by atoms with Crippen molar-refractivity contribution in [3.05, 3.63) is 85.4 Å². The Morgan fingerprint density at radius 2 is 1.67 bits per heavy atom. The molecular weight excluding hydrogens is 464 g/mol. The highest BCUT2D eigenvalue weighted by molar-refractivity contribution is 7.92. The number of fused-ring (bicyclic) bond motifs is 2. The minimum atomic E-state index is -3.99. The maximum atomic E-state index is 13.1. The van der Waals surface area contributed by atoms with Gasteiger partial charge in [-0.3, -0.25) is 14.3 Å². The van der Waals surface area contributed by atoms with Crippen LogP contribution in [0.3, 0.4) is 0 Å². The molecule has 0 fully saturated rings. The van der Waals surface area contributed by atoms with Gasteiger partial charge in [-0.15, -0.1) is 0 Å². The normalized spacial score (nSPS) is 13.0. The molecule has 0 saturated heterocycles. The molecule has 3 aromatic carbocycles. The molecule has 0 aliphatic carbocycles. The van der Waals surface area contributed by atoms with Crippen LogP contribution in [0.15, 0.2) is 63.0 Å². The molecule has 0 saturated carbocycles. The number of aromatic nitrogens is 2. The zero-order valence-corrected chi connectivity index (χ0v) is 19.0. The molecule has 4 aromatic rings. The van der Waals surface area contributed by atoms with Crippen molar-refractivity contribution in [2.75, 3.05) is 16.6 Å². The molecule has 2 heterocycles. The first kappa shape index (κ1) is 21.3. The molecule has 0 unspecified atom stereocenters. The fourth-order valence-electron chi connectivity index (χ4n) is 4.02. The number of hydrogen-bond acceptors (Lipinski definition) is 5. The number of sulfonamides is 1. The number of nitrogens with one attached hydrogen (secondary N) is 4. The predicted molar refractivity (Wildman–Crippen MR) is 130 cm³/mol. The number of benzene rings is 3. The van der Waals surface area contributed by atoms with Crippen LogP contribution in [-0.2, 0) is 16.4 Å². The molecule has 0 amide bonds. The van der Waals surface area contributed by atoms with Crippen molar-refractivity contribution < 1.29 is 8.42 Å². The standard InChI is InChI=1S/C23H19ClN4O4S/c1-12-8-19-20(27-23(30)22(29)26-19)11-21(12)33(31,32)28-15-4-5-16(17(24)10-15)14-3-2-13-6-7-25-18(13)9-14/h2-5,8-11,25,28H,6-7H2,1H3,(H,26,29)(H,27,30). The molecule has 1 aliphatic rings. The number of anilines is 2. The summed E-state index contributed by atoms with van der Waals surface area (Å²) in [5.74, 6) is 0. The second kappa shape index (κ2) is 7.79. The third-order valence-electron chi connectivity index (χ3n) is 5.66. The van der Waals surface area contributed by atoms with Gasteiger partial charge in [0.2, 0.25) is 0 Å². The Bertz CT molecular complexity index is 1660. The average molecular weight is 483 g/mol. The van der Waals surface area contributed by atoms with E-state index >= 15 is 0 Å². The van der Waals surface area contributed by atoms with Crippen LogP contribution in [0.5, 0.6) is 0 Å². The molecule has 8 nitrogen and oxygen atoms in total. The second-order valence-corrected chi connectivity index (χ2v) is 9.98. The lowest BCUT2D eigenvalue weighted by molar-refractivity contribution is 0.600. The zero-order chi connectivity index (χ0) is 23.3. The van der Waals surface area contributed by atoms with Gasteiger partial charge in [0.25, 0.3) is 10.0 Å². The lowest BCUT2D eigenvalue weighted by Gasteiger charge is -2.13. The van der Waals surface area contributed by atoms with E-state index in [1.807, 2.05) is 12.1 Å². The highest BCUT2D eigenvalue weighted by Gasteiger charge is 2.20. The van der Waals surface area contributed by atoms with Gasteiger partial charge >= 0.3 is 11.1 Å². The van der Waals surface area contributed by atoms with E-state index in [4.69, 9.17) is 11.6 Å². The van der Waals surface area contributed by atoms with E-state index in [9.17, 15) is 18.0 Å². The van der Waals surface area contributed by atoms with Crippen LogP contribution in [0.2, 0.25) is 5.02 Å². The van der Waals surface area contributed by atoms with Crippen molar-refractivity contribution in [2.24, 2.45) is 0 Å². The first-order chi connectivity index (χ1) is 15.7. The van der Waals surface area contributed by atoms with Crippen LogP contribution in [0.1, 0.15) is 11.1 Å². The number of aryl methyl sites for hydroxylation is 1. The van der Waals surface area contributed by atoms with E-state index in [2.05, 4.69) is 26.1 Å². The third-order valence-corrected chi connectivity index (χ3v) is 7.50. The van der Waals surface area contributed by atoms with Crippen LogP contribution in [0.4, 0.5) is 11.4 Å². The molecule has 168 valence electrons. The van der Waals surface area contributed by atoms with Gasteiger partial charge in [-0.05, 0) is 60.4 Å². The van der Waals surface area contributed by atoms with Gasteiger partial charge in [0.05, 0.1) is 26.6 Å². The van der Waals surface area contributed by atoms with Gasteiger partial charge < -0.3 is 15.3 Å². The van der Waals surface area contributed by atoms with Gasteiger partial charge in [0.1, 0.15) is 0 Å². The van der Waals surface area contributed by atoms with Crippen LogP contribution in [0.25, 0.3) is 22.2 Å². The summed E-state index contributed by atoms with van der Waals surface area (Å²) < 4.78 is 28.7. The number of hydrogen-bond donors (Lipinski definition) is 4. The molecule has 5 rings (SSSR count). The third kappa shape index (κ3) is 3.90. The monoisotopic (exact) mass is 482 g/mol. The number of aromatic amines is 2. The summed E-state index contributed by atoms with van der Waals surface area (Å²) in [6, 6.07) is 13.9. The fourth-order valence-corrected chi connectivity index (χ4v) is 5.62. The first-order valence-electron chi connectivity index (χ1n) is 10.2. The Balaban J connectivity index is 1.48. The van der Waals surface area contributed by atoms with Gasteiger partial charge in [-0.25, -0.2) is 8.42 Å². The number of halogens is 1. The highest BCUT2D eigenvalue weighted by atomic mass is 35.5. The van der Waals surface area contributed by atoms with Crippen molar-refractivity contribution in [1.29, 1.82) is 0 Å². The molecule has 33 heavy (non-hydrogen) atoms. The topological polar surface area (TPSA) is 124 Å². The summed E-state index contributed by atoms with van der Waals surface area (Å²) in [6.07, 6.45) is 0.988. The Hall–Kier alpha value is -3.56. The van der Waals surface area contributed by atoms with E-state index < -0.39 is 21.1 Å². The summed E-state index contributed by atoms with van der Waals surface area (Å²) in [5.41, 5.74) is 3.68. The summed E-state index contributed by atoms with van der Waals surface area (Å²) in [5, 5.41) is 3.75. The van der Waals surface area contributed by atoms with E-state index in [0.29, 0.717) is 21.8 Å². The summed E-state index contributed by atoms with van der Waals surface area (Å²) >= 11 is 6.50. The average Bonchev–Trinajstić information content (AvgIpc) is 3.22. The van der Waals surface area contributed by atoms with Gasteiger partial charge in [-0.1, -0.05) is 29.8 Å². The summed E-state index contributed by atoms with van der Waals surface area (Å²) in [7, 11) is -3.99. The summed E-state index contributed by atoms with van der Waals surface area (Å²) in [6.45, 7) is 2.51. The van der Waals surface area contributed by atoms with E-state index in [0.717, 1.165) is 29.8 Å². The van der Waals surface area contributed by atoms with Crippen molar-refractivity contribution in [1.82, 2.24) is 9.97 Å². The quantitative estimate of drug-likeness (QED) is 0.331. The number of H-pyrrole nitrogens is 2. The van der Waals surface area contributed by atoms with Gasteiger partial charge in [-0.2, -0.15) is 0 Å². The Kier molecular flexibility index (Phi) is 5.02. The smallest absolute Gasteiger partial charge is 0.314 e. The lowest BCUT2D eigenvalue weighted by atomic mass is 10.0. The molecule has 1 aromatic heterocycles. The highest BCUT2D eigenvalue weighted by Crippen LogP contribution is 2.35. The first-order valence-corrected chi connectivity index (χ1v) is 12.0. The molecular formula is C23H19ClN4O4S. The molecule has 1 aliphatic heterocycles. The van der Waals surface area contributed by atoms with Crippen LogP contribution in [-0.4, -0.2) is 24.9 Å². The predicted octanol–water partition coefficient (Wildman–Crippen LogP) is 3.61. The molecule has 4 N–H and O–H groups in total. The van der Waals surface area contributed by atoms with Gasteiger partial charge in [0.15, 0.2) is 0 Å². The maximum absolute atomic E-state index is 13.1. The molecule has 10 heteroatoms. The summed E-state index contributed by atoms with van der Waals surface area (Å²) in [4.78, 5) is 28.0. The van der Waals surface area contributed by atoms with Crippen molar-refractivity contribution >= 4 is 44.0 Å². The minimum absolute atomic E-state index is 0.0254. The van der Waals surface area contributed by atoms with E-state index in [1.54, 1.807) is 25.1 Å². The molecule has 0 bridgehead atoms. The Morgan fingerprint density at radius 1 is 0.939 bits per heavy atom. The van der Waals surface area contributed by atoms with Crippen molar-refractivity contribution in [3.8, 4) is 11.1 Å². The minimum Gasteiger partial charge on any atom is -0.384 e. The van der Waals surface area contributed by atoms with Crippen molar-refractivity contribution in [3.63, 3.8) is 0 Å². The molecule has 0 spiro atoms.